The Morgan fingerprint density at radius 1 is 1.24 bits per heavy atom. The third-order valence-corrected chi connectivity index (χ3v) is 4.91. The molecule has 1 aromatic carbocycles. The highest BCUT2D eigenvalue weighted by atomic mass is 14.5. The molecule has 0 heterocycles. The van der Waals surface area contributed by atoms with E-state index in [9.17, 15) is 0 Å². The molecule has 94 valence electrons. The van der Waals surface area contributed by atoms with Crippen LogP contribution in [0.2, 0.25) is 0 Å². The SMILES string of the molecule is CCCCC1c2ccc(C)cc2C(C)(C)C1C. The maximum atomic E-state index is 2.44. The van der Waals surface area contributed by atoms with Crippen molar-refractivity contribution in [3.63, 3.8) is 0 Å². The average Bonchev–Trinajstić information content (AvgIpc) is 2.47. The van der Waals surface area contributed by atoms with Gasteiger partial charge in [-0.3, -0.25) is 0 Å². The standard InChI is InChI=1S/C17H26/c1-6-7-8-14-13(3)17(4,5)16-11-12(2)9-10-15(14)16/h9-11,13-14H,6-8H2,1-5H3. The van der Waals surface area contributed by atoms with Crippen LogP contribution < -0.4 is 0 Å². The summed E-state index contributed by atoms with van der Waals surface area (Å²) in [7, 11) is 0. The van der Waals surface area contributed by atoms with Crippen molar-refractivity contribution in [3.05, 3.63) is 34.9 Å². The molecule has 0 aromatic heterocycles. The van der Waals surface area contributed by atoms with Crippen LogP contribution in [0, 0.1) is 12.8 Å². The minimum absolute atomic E-state index is 0.347. The molecule has 2 rings (SSSR count). The minimum Gasteiger partial charge on any atom is -0.0654 e. The molecule has 0 N–H and O–H groups in total. The molecule has 0 saturated carbocycles. The first kappa shape index (κ1) is 12.7. The van der Waals surface area contributed by atoms with Crippen LogP contribution in [0.25, 0.3) is 0 Å². The van der Waals surface area contributed by atoms with E-state index in [1.807, 2.05) is 0 Å². The Bertz CT molecular complexity index is 400. The number of benzene rings is 1. The van der Waals surface area contributed by atoms with Crippen molar-refractivity contribution in [3.8, 4) is 0 Å². The molecule has 0 nitrogen and oxygen atoms in total. The molecule has 0 radical (unpaired) electrons. The second-order valence-corrected chi connectivity index (χ2v) is 6.35. The van der Waals surface area contributed by atoms with E-state index < -0.39 is 0 Å². The molecule has 0 heteroatoms. The summed E-state index contributed by atoms with van der Waals surface area (Å²) in [6.45, 7) is 11.8. The van der Waals surface area contributed by atoms with E-state index in [-0.39, 0.29) is 0 Å². The van der Waals surface area contributed by atoms with Crippen LogP contribution in [0.15, 0.2) is 18.2 Å². The fourth-order valence-corrected chi connectivity index (χ4v) is 3.40. The van der Waals surface area contributed by atoms with E-state index in [4.69, 9.17) is 0 Å². The van der Waals surface area contributed by atoms with E-state index in [0.717, 1.165) is 11.8 Å². The van der Waals surface area contributed by atoms with Crippen molar-refractivity contribution in [1.82, 2.24) is 0 Å². The second kappa shape index (κ2) is 4.48. The molecule has 17 heavy (non-hydrogen) atoms. The number of unbranched alkanes of at least 4 members (excludes halogenated alkanes) is 1. The predicted octanol–water partition coefficient (Wildman–Crippen LogP) is 5.20. The molecule has 0 amide bonds. The van der Waals surface area contributed by atoms with Gasteiger partial charge < -0.3 is 0 Å². The molecule has 0 aliphatic heterocycles. The summed E-state index contributed by atoms with van der Waals surface area (Å²) in [6, 6.07) is 7.08. The minimum atomic E-state index is 0.347. The largest absolute Gasteiger partial charge is 0.0654 e. The van der Waals surface area contributed by atoms with E-state index in [1.54, 1.807) is 11.1 Å². The second-order valence-electron chi connectivity index (χ2n) is 6.35. The van der Waals surface area contributed by atoms with Gasteiger partial charge in [0, 0.05) is 0 Å². The summed E-state index contributed by atoms with van der Waals surface area (Å²) in [5, 5.41) is 0. The van der Waals surface area contributed by atoms with Crippen molar-refractivity contribution >= 4 is 0 Å². The summed E-state index contributed by atoms with van der Waals surface area (Å²) >= 11 is 0. The molecule has 1 aliphatic rings. The van der Waals surface area contributed by atoms with Crippen LogP contribution in [0.5, 0.6) is 0 Å². The molecule has 1 aliphatic carbocycles. The first-order valence-corrected chi connectivity index (χ1v) is 7.09. The lowest BCUT2D eigenvalue weighted by atomic mass is 9.76. The maximum Gasteiger partial charge on any atom is -0.00692 e. The van der Waals surface area contributed by atoms with Crippen LogP contribution in [0.3, 0.4) is 0 Å². The van der Waals surface area contributed by atoms with Crippen molar-refractivity contribution in [2.24, 2.45) is 5.92 Å². The summed E-state index contributed by atoms with van der Waals surface area (Å²) < 4.78 is 0. The Labute approximate surface area is 106 Å². The average molecular weight is 230 g/mol. The van der Waals surface area contributed by atoms with Crippen molar-refractivity contribution < 1.29 is 0 Å². The fraction of sp³-hybridized carbons (Fsp3) is 0.647. The molecule has 0 bridgehead atoms. The lowest BCUT2D eigenvalue weighted by Gasteiger charge is -2.28. The summed E-state index contributed by atoms with van der Waals surface area (Å²) in [6.07, 6.45) is 4.03. The van der Waals surface area contributed by atoms with Crippen LogP contribution >= 0.6 is 0 Å². The van der Waals surface area contributed by atoms with Gasteiger partial charge >= 0.3 is 0 Å². The van der Waals surface area contributed by atoms with Crippen LogP contribution in [-0.2, 0) is 5.41 Å². The molecule has 2 unspecified atom stereocenters. The lowest BCUT2D eigenvalue weighted by molar-refractivity contribution is 0.316. The zero-order valence-electron chi connectivity index (χ0n) is 12.0. The van der Waals surface area contributed by atoms with Gasteiger partial charge in [-0.2, -0.15) is 0 Å². The number of hydrogen-bond donors (Lipinski definition) is 0. The Morgan fingerprint density at radius 3 is 2.59 bits per heavy atom. The highest BCUT2D eigenvalue weighted by Gasteiger charge is 2.42. The van der Waals surface area contributed by atoms with E-state index >= 15 is 0 Å². The first-order valence-electron chi connectivity index (χ1n) is 7.09. The number of rotatable bonds is 3. The zero-order chi connectivity index (χ0) is 12.6. The topological polar surface area (TPSA) is 0 Å². The summed E-state index contributed by atoms with van der Waals surface area (Å²) in [5.74, 6) is 1.55. The Balaban J connectivity index is 2.40. The van der Waals surface area contributed by atoms with Gasteiger partial charge in [-0.1, -0.05) is 64.3 Å². The molecule has 0 fully saturated rings. The van der Waals surface area contributed by atoms with Crippen LogP contribution in [0.1, 0.15) is 69.6 Å². The number of fused-ring (bicyclic) bond motifs is 1. The van der Waals surface area contributed by atoms with Gasteiger partial charge in [0.15, 0.2) is 0 Å². The maximum absolute atomic E-state index is 2.44. The predicted molar refractivity (Wildman–Crippen MR) is 75.6 cm³/mol. The smallest absolute Gasteiger partial charge is 0.00692 e. The molecule has 1 aromatic rings. The molecule has 0 spiro atoms. The third-order valence-electron chi connectivity index (χ3n) is 4.91. The van der Waals surface area contributed by atoms with Gasteiger partial charge in [0.2, 0.25) is 0 Å². The van der Waals surface area contributed by atoms with Crippen LogP contribution in [0.4, 0.5) is 0 Å². The van der Waals surface area contributed by atoms with Crippen molar-refractivity contribution in [1.29, 1.82) is 0 Å². The van der Waals surface area contributed by atoms with E-state index in [1.165, 1.54) is 24.8 Å². The normalized spacial score (nSPS) is 25.9. The summed E-state index contributed by atoms with van der Waals surface area (Å²) in [5.41, 5.74) is 4.98. The molecule has 0 saturated heterocycles. The number of aryl methyl sites for hydroxylation is 1. The fourth-order valence-electron chi connectivity index (χ4n) is 3.40. The monoisotopic (exact) mass is 230 g/mol. The van der Waals surface area contributed by atoms with Crippen LogP contribution in [-0.4, -0.2) is 0 Å². The Morgan fingerprint density at radius 2 is 1.94 bits per heavy atom. The van der Waals surface area contributed by atoms with Gasteiger partial charge in [-0.15, -0.1) is 0 Å². The van der Waals surface area contributed by atoms with Gasteiger partial charge in [0.05, 0.1) is 0 Å². The molecular weight excluding hydrogens is 204 g/mol. The quantitative estimate of drug-likeness (QED) is 0.670. The number of hydrogen-bond acceptors (Lipinski definition) is 0. The highest BCUT2D eigenvalue weighted by molar-refractivity contribution is 5.45. The van der Waals surface area contributed by atoms with Crippen molar-refractivity contribution in [2.45, 2.75) is 65.2 Å². The zero-order valence-corrected chi connectivity index (χ0v) is 12.0. The lowest BCUT2D eigenvalue weighted by Crippen LogP contribution is -2.23. The van der Waals surface area contributed by atoms with E-state index in [0.29, 0.717) is 5.41 Å². The van der Waals surface area contributed by atoms with E-state index in [2.05, 4.69) is 52.8 Å². The molecule has 2 atom stereocenters. The molecular formula is C17H26. The first-order chi connectivity index (χ1) is 7.98. The van der Waals surface area contributed by atoms with Gasteiger partial charge in [-0.25, -0.2) is 0 Å². The summed E-state index contributed by atoms with van der Waals surface area (Å²) in [4.78, 5) is 0. The van der Waals surface area contributed by atoms with Gasteiger partial charge in [0.25, 0.3) is 0 Å². The Hall–Kier alpha value is -0.780. The third kappa shape index (κ3) is 2.03. The van der Waals surface area contributed by atoms with Gasteiger partial charge in [0.1, 0.15) is 0 Å². The van der Waals surface area contributed by atoms with Gasteiger partial charge in [-0.05, 0) is 41.7 Å². The Kier molecular flexibility index (Phi) is 3.34. The highest BCUT2D eigenvalue weighted by Crippen LogP contribution is 2.52. The van der Waals surface area contributed by atoms with Crippen molar-refractivity contribution in [2.75, 3.05) is 0 Å².